The van der Waals surface area contributed by atoms with Gasteiger partial charge < -0.3 is 19.7 Å². The number of carbonyl (C=O) groups is 1. The van der Waals surface area contributed by atoms with Crippen LogP contribution in [-0.2, 0) is 4.79 Å². The van der Waals surface area contributed by atoms with Crippen molar-refractivity contribution < 1.29 is 24.5 Å². The average Bonchev–Trinajstić information content (AvgIpc) is 2.37. The lowest BCUT2D eigenvalue weighted by Gasteiger charge is -2.24. The van der Waals surface area contributed by atoms with E-state index in [2.05, 4.69) is 15.9 Å². The molecule has 2 unspecified atom stereocenters. The van der Waals surface area contributed by atoms with Crippen LogP contribution in [0, 0.1) is 11.8 Å². The minimum absolute atomic E-state index is 0.206. The molecule has 0 fully saturated rings. The van der Waals surface area contributed by atoms with E-state index < -0.39 is 18.0 Å². The van der Waals surface area contributed by atoms with Crippen LogP contribution < -0.4 is 9.47 Å². The van der Waals surface area contributed by atoms with Crippen molar-refractivity contribution >= 4 is 21.9 Å². The highest BCUT2D eigenvalue weighted by atomic mass is 79.9. The van der Waals surface area contributed by atoms with E-state index in [1.165, 1.54) is 14.2 Å². The highest BCUT2D eigenvalue weighted by molar-refractivity contribution is 9.10. The number of carboxylic acid groups (broad SMARTS) is 1. The smallest absolute Gasteiger partial charge is 0.309 e. The fourth-order valence-electron chi connectivity index (χ4n) is 2.07. The Morgan fingerprint density at radius 3 is 2.10 bits per heavy atom. The lowest BCUT2D eigenvalue weighted by Crippen LogP contribution is -2.27. The first-order valence-electron chi connectivity index (χ1n) is 6.15. The summed E-state index contributed by atoms with van der Waals surface area (Å²) in [4.78, 5) is 11.3. The maximum Gasteiger partial charge on any atom is 0.309 e. The molecule has 0 amide bonds. The fourth-order valence-corrected chi connectivity index (χ4v) is 2.63. The molecule has 2 atom stereocenters. The van der Waals surface area contributed by atoms with Crippen molar-refractivity contribution in [2.45, 2.75) is 20.0 Å². The summed E-state index contributed by atoms with van der Waals surface area (Å²) in [6, 6.07) is 3.24. The molecule has 0 radical (unpaired) electrons. The maximum absolute atomic E-state index is 11.3. The normalized spacial score (nSPS) is 13.9. The first-order chi connectivity index (χ1) is 9.33. The summed E-state index contributed by atoms with van der Waals surface area (Å²) in [5.74, 6) is -1.19. The fraction of sp³-hybridized carbons (Fsp3) is 0.500. The molecule has 1 aromatic carbocycles. The first-order valence-corrected chi connectivity index (χ1v) is 6.95. The van der Waals surface area contributed by atoms with Crippen molar-refractivity contribution in [3.05, 3.63) is 22.2 Å². The molecule has 1 aromatic rings. The Morgan fingerprint density at radius 2 is 1.70 bits per heavy atom. The number of rotatable bonds is 6. The number of hydrogen-bond acceptors (Lipinski definition) is 4. The molecule has 20 heavy (non-hydrogen) atoms. The molecule has 1 rings (SSSR count). The number of hydrogen-bond donors (Lipinski definition) is 2. The van der Waals surface area contributed by atoms with Crippen LogP contribution in [0.5, 0.6) is 11.5 Å². The molecule has 0 spiro atoms. The van der Waals surface area contributed by atoms with Crippen molar-refractivity contribution in [2.24, 2.45) is 11.8 Å². The molecule has 0 aliphatic rings. The minimum atomic E-state index is -1.14. The van der Waals surface area contributed by atoms with Crippen LogP contribution in [0.25, 0.3) is 0 Å². The van der Waals surface area contributed by atoms with Gasteiger partial charge in [-0.05, 0) is 23.6 Å². The van der Waals surface area contributed by atoms with Gasteiger partial charge in [-0.1, -0.05) is 29.8 Å². The number of aliphatic carboxylic acids is 1. The zero-order valence-corrected chi connectivity index (χ0v) is 13.5. The van der Waals surface area contributed by atoms with Gasteiger partial charge in [0, 0.05) is 4.47 Å². The van der Waals surface area contributed by atoms with Gasteiger partial charge in [-0.2, -0.15) is 0 Å². The second kappa shape index (κ2) is 6.95. The minimum Gasteiger partial charge on any atom is -0.493 e. The summed E-state index contributed by atoms with van der Waals surface area (Å²) in [5, 5.41) is 19.6. The van der Waals surface area contributed by atoms with Gasteiger partial charge in [0.2, 0.25) is 0 Å². The van der Waals surface area contributed by atoms with Crippen molar-refractivity contribution in [3.63, 3.8) is 0 Å². The zero-order chi connectivity index (χ0) is 15.4. The number of carboxylic acids is 1. The number of methoxy groups -OCH3 is 2. The highest BCUT2D eigenvalue weighted by Crippen LogP contribution is 2.39. The van der Waals surface area contributed by atoms with Crippen LogP contribution in [0.3, 0.4) is 0 Å². The standard InChI is InChI=1S/C14H19BrO5/c1-7(2)12(14(17)18)13(16)8-5-10(19-3)11(20-4)6-9(8)15/h5-7,12-13,16H,1-4H3,(H,17,18). The summed E-state index contributed by atoms with van der Waals surface area (Å²) in [7, 11) is 2.99. The predicted molar refractivity (Wildman–Crippen MR) is 78.2 cm³/mol. The largest absolute Gasteiger partial charge is 0.493 e. The average molecular weight is 347 g/mol. The van der Waals surface area contributed by atoms with E-state index in [1.54, 1.807) is 26.0 Å². The molecule has 112 valence electrons. The summed E-state index contributed by atoms with van der Waals surface area (Å²) in [5.41, 5.74) is 0.462. The molecule has 6 heteroatoms. The van der Waals surface area contributed by atoms with Crippen molar-refractivity contribution in [1.29, 1.82) is 0 Å². The molecule has 0 saturated carbocycles. The van der Waals surface area contributed by atoms with Crippen LogP contribution in [0.4, 0.5) is 0 Å². The SMILES string of the molecule is COc1cc(Br)c(C(O)C(C(=O)O)C(C)C)cc1OC. The van der Waals surface area contributed by atoms with Crippen LogP contribution in [-0.4, -0.2) is 30.4 Å². The molecule has 0 saturated heterocycles. The molecular weight excluding hydrogens is 328 g/mol. The van der Waals surface area contributed by atoms with Crippen molar-refractivity contribution in [2.75, 3.05) is 14.2 Å². The Labute approximate surface area is 126 Å². The number of ether oxygens (including phenoxy) is 2. The van der Waals surface area contributed by atoms with Gasteiger partial charge in [0.25, 0.3) is 0 Å². The van der Waals surface area contributed by atoms with E-state index >= 15 is 0 Å². The molecule has 2 N–H and O–H groups in total. The molecule has 0 aliphatic carbocycles. The molecule has 0 bridgehead atoms. The first kappa shape index (κ1) is 16.8. The highest BCUT2D eigenvalue weighted by Gasteiger charge is 2.32. The van der Waals surface area contributed by atoms with Gasteiger partial charge in [0.1, 0.15) is 0 Å². The summed E-state index contributed by atoms with van der Waals surface area (Å²) < 4.78 is 10.9. The molecule has 5 nitrogen and oxygen atoms in total. The Hall–Kier alpha value is -1.27. The van der Waals surface area contributed by atoms with Crippen LogP contribution in [0.2, 0.25) is 0 Å². The van der Waals surface area contributed by atoms with Gasteiger partial charge in [0.15, 0.2) is 11.5 Å². The number of aliphatic hydroxyl groups is 1. The monoisotopic (exact) mass is 346 g/mol. The van der Waals surface area contributed by atoms with E-state index in [-0.39, 0.29) is 5.92 Å². The number of aliphatic hydroxyl groups excluding tert-OH is 1. The second-order valence-corrected chi connectivity index (χ2v) is 5.64. The van der Waals surface area contributed by atoms with E-state index in [9.17, 15) is 15.0 Å². The summed E-state index contributed by atoms with van der Waals surface area (Å²) in [6.07, 6.45) is -1.14. The topological polar surface area (TPSA) is 76.0 Å². The third-order valence-corrected chi connectivity index (χ3v) is 3.85. The van der Waals surface area contributed by atoms with E-state index in [0.29, 0.717) is 21.5 Å². The Balaban J connectivity index is 3.27. The number of benzene rings is 1. The lowest BCUT2D eigenvalue weighted by atomic mass is 9.86. The van der Waals surface area contributed by atoms with Gasteiger partial charge in [-0.25, -0.2) is 0 Å². The Kier molecular flexibility index (Phi) is 5.83. The van der Waals surface area contributed by atoms with Gasteiger partial charge in [-0.15, -0.1) is 0 Å². The quantitative estimate of drug-likeness (QED) is 0.828. The Morgan fingerprint density at radius 1 is 1.20 bits per heavy atom. The second-order valence-electron chi connectivity index (χ2n) is 4.78. The molecule has 0 aromatic heterocycles. The van der Waals surface area contributed by atoms with Crippen LogP contribution in [0.15, 0.2) is 16.6 Å². The van der Waals surface area contributed by atoms with E-state index in [0.717, 1.165) is 0 Å². The summed E-state index contributed by atoms with van der Waals surface area (Å²) in [6.45, 7) is 3.52. The van der Waals surface area contributed by atoms with Crippen molar-refractivity contribution in [1.82, 2.24) is 0 Å². The molecule has 0 aliphatic heterocycles. The van der Waals surface area contributed by atoms with Crippen LogP contribution >= 0.6 is 15.9 Å². The third kappa shape index (κ3) is 3.43. The molecule has 0 heterocycles. The van der Waals surface area contributed by atoms with Gasteiger partial charge in [0.05, 0.1) is 26.2 Å². The van der Waals surface area contributed by atoms with Gasteiger partial charge in [-0.3, -0.25) is 4.79 Å². The van der Waals surface area contributed by atoms with Crippen molar-refractivity contribution in [3.8, 4) is 11.5 Å². The predicted octanol–water partition coefficient (Wildman–Crippen LogP) is 2.86. The lowest BCUT2D eigenvalue weighted by molar-refractivity contribution is -0.148. The Bertz CT molecular complexity index is 487. The van der Waals surface area contributed by atoms with E-state index in [1.807, 2.05) is 0 Å². The maximum atomic E-state index is 11.3. The summed E-state index contributed by atoms with van der Waals surface area (Å²) >= 11 is 3.33. The third-order valence-electron chi connectivity index (χ3n) is 3.17. The number of halogens is 1. The zero-order valence-electron chi connectivity index (χ0n) is 11.9. The van der Waals surface area contributed by atoms with Gasteiger partial charge >= 0.3 is 5.97 Å². The van der Waals surface area contributed by atoms with E-state index in [4.69, 9.17) is 9.47 Å². The van der Waals surface area contributed by atoms with Crippen LogP contribution in [0.1, 0.15) is 25.5 Å². The molecular formula is C14H19BrO5.